The predicted molar refractivity (Wildman–Crippen MR) is 118 cm³/mol. The summed E-state index contributed by atoms with van der Waals surface area (Å²) in [5.74, 6) is -3.85. The number of phenols is 2. The standard InChI is InChI=1S/C23H23N3O6/c1-13(25-26-22(30)19-12-16(27)10-11-20(19)28)14-6-8-15(9-7-14)24-21(29)17-4-2-3-5-18(17)23(31)32/h2-3,6-12,17-18,27-28H,4-5H2,1H3,(H,24,29)(H,26,30)(H,31,32)/b25-13-/t17-,18-/m1/s1. The number of nitrogens with one attached hydrogen (secondary N) is 2. The summed E-state index contributed by atoms with van der Waals surface area (Å²) in [7, 11) is 0. The topological polar surface area (TPSA) is 148 Å². The lowest BCUT2D eigenvalue weighted by atomic mass is 9.82. The van der Waals surface area contributed by atoms with Gasteiger partial charge in [-0.1, -0.05) is 24.3 Å². The van der Waals surface area contributed by atoms with E-state index in [9.17, 15) is 29.7 Å². The zero-order chi connectivity index (χ0) is 23.3. The Morgan fingerprint density at radius 2 is 1.62 bits per heavy atom. The van der Waals surface area contributed by atoms with Crippen molar-refractivity contribution in [2.24, 2.45) is 16.9 Å². The fraction of sp³-hybridized carbons (Fsp3) is 0.217. The average Bonchev–Trinajstić information content (AvgIpc) is 2.79. The van der Waals surface area contributed by atoms with Crippen molar-refractivity contribution >= 4 is 29.2 Å². The van der Waals surface area contributed by atoms with E-state index >= 15 is 0 Å². The number of hydrogen-bond acceptors (Lipinski definition) is 6. The molecule has 0 aliphatic heterocycles. The van der Waals surface area contributed by atoms with Crippen LogP contribution in [0.15, 0.2) is 59.7 Å². The first-order valence-electron chi connectivity index (χ1n) is 9.92. The molecular formula is C23H23N3O6. The lowest BCUT2D eigenvalue weighted by Gasteiger charge is -2.24. The van der Waals surface area contributed by atoms with Crippen molar-refractivity contribution in [3.05, 3.63) is 65.7 Å². The van der Waals surface area contributed by atoms with Gasteiger partial charge in [0, 0.05) is 5.69 Å². The van der Waals surface area contributed by atoms with E-state index in [0.717, 1.165) is 6.07 Å². The summed E-state index contributed by atoms with van der Waals surface area (Å²) in [5.41, 5.74) is 3.86. The smallest absolute Gasteiger partial charge is 0.307 e. The van der Waals surface area contributed by atoms with Crippen LogP contribution in [0, 0.1) is 11.8 Å². The van der Waals surface area contributed by atoms with E-state index in [1.165, 1.54) is 12.1 Å². The highest BCUT2D eigenvalue weighted by Crippen LogP contribution is 2.27. The van der Waals surface area contributed by atoms with Crippen LogP contribution in [0.1, 0.15) is 35.7 Å². The summed E-state index contributed by atoms with van der Waals surface area (Å²) in [5, 5.41) is 35.3. The number of benzene rings is 2. The van der Waals surface area contributed by atoms with Crippen LogP contribution in [0.3, 0.4) is 0 Å². The number of phenolic OH excluding ortho intramolecular Hbond substituents is 2. The van der Waals surface area contributed by atoms with Crippen molar-refractivity contribution in [2.75, 3.05) is 5.32 Å². The number of rotatable bonds is 6. The molecule has 0 aromatic heterocycles. The molecule has 1 aliphatic carbocycles. The minimum absolute atomic E-state index is 0.114. The number of carbonyl (C=O) groups excluding carboxylic acids is 2. The van der Waals surface area contributed by atoms with Gasteiger partial charge in [-0.05, 0) is 55.7 Å². The van der Waals surface area contributed by atoms with Gasteiger partial charge >= 0.3 is 5.97 Å². The molecule has 2 amide bonds. The van der Waals surface area contributed by atoms with Crippen LogP contribution in [-0.4, -0.2) is 38.8 Å². The van der Waals surface area contributed by atoms with E-state index in [1.807, 2.05) is 6.08 Å². The molecule has 9 nitrogen and oxygen atoms in total. The van der Waals surface area contributed by atoms with E-state index in [2.05, 4.69) is 15.8 Å². The average molecular weight is 437 g/mol. The van der Waals surface area contributed by atoms with E-state index in [1.54, 1.807) is 37.3 Å². The largest absolute Gasteiger partial charge is 0.508 e. The van der Waals surface area contributed by atoms with Gasteiger partial charge in [0.25, 0.3) is 5.91 Å². The maximum absolute atomic E-state index is 12.5. The normalized spacial score (nSPS) is 18.1. The van der Waals surface area contributed by atoms with Crippen molar-refractivity contribution in [3.8, 4) is 11.5 Å². The van der Waals surface area contributed by atoms with Crippen molar-refractivity contribution in [3.63, 3.8) is 0 Å². The van der Waals surface area contributed by atoms with Crippen LogP contribution >= 0.6 is 0 Å². The molecule has 0 unspecified atom stereocenters. The Bertz CT molecular complexity index is 1090. The summed E-state index contributed by atoms with van der Waals surface area (Å²) in [6.07, 6.45) is 4.30. The van der Waals surface area contributed by atoms with Crippen LogP contribution in [0.5, 0.6) is 11.5 Å². The molecule has 2 aromatic carbocycles. The number of carbonyl (C=O) groups is 3. The number of aromatic hydroxyl groups is 2. The Morgan fingerprint density at radius 3 is 2.28 bits per heavy atom. The molecule has 166 valence electrons. The molecule has 0 saturated carbocycles. The number of anilines is 1. The second-order valence-electron chi connectivity index (χ2n) is 7.40. The van der Waals surface area contributed by atoms with E-state index < -0.39 is 23.7 Å². The van der Waals surface area contributed by atoms with Crippen molar-refractivity contribution in [1.82, 2.24) is 5.43 Å². The van der Waals surface area contributed by atoms with E-state index in [0.29, 0.717) is 29.8 Å². The van der Waals surface area contributed by atoms with Gasteiger partial charge in [0.1, 0.15) is 11.5 Å². The molecule has 2 atom stereocenters. The number of hydrogen-bond donors (Lipinski definition) is 5. The number of amides is 2. The molecule has 2 aromatic rings. The van der Waals surface area contributed by atoms with Crippen LogP contribution in [0.2, 0.25) is 0 Å². The third-order valence-corrected chi connectivity index (χ3v) is 5.21. The van der Waals surface area contributed by atoms with Gasteiger partial charge in [-0.25, -0.2) is 5.43 Å². The number of nitrogens with zero attached hydrogens (tertiary/aromatic N) is 1. The first-order chi connectivity index (χ1) is 15.3. The Hall–Kier alpha value is -4.14. The minimum atomic E-state index is -0.988. The molecule has 0 fully saturated rings. The lowest BCUT2D eigenvalue weighted by molar-refractivity contribution is -0.146. The number of aliphatic carboxylic acids is 1. The Kier molecular flexibility index (Phi) is 6.89. The van der Waals surface area contributed by atoms with E-state index in [-0.39, 0.29) is 23.0 Å². The maximum Gasteiger partial charge on any atom is 0.307 e. The van der Waals surface area contributed by atoms with Gasteiger partial charge in [-0.15, -0.1) is 0 Å². The Labute approximate surface area is 184 Å². The highest BCUT2D eigenvalue weighted by molar-refractivity contribution is 6.02. The number of carboxylic acids is 1. The lowest BCUT2D eigenvalue weighted by Crippen LogP contribution is -2.34. The summed E-state index contributed by atoms with van der Waals surface area (Å²) in [4.78, 5) is 36.1. The van der Waals surface area contributed by atoms with Crippen LogP contribution in [0.4, 0.5) is 5.69 Å². The molecule has 3 rings (SSSR count). The Balaban J connectivity index is 1.64. The van der Waals surface area contributed by atoms with E-state index in [4.69, 9.17) is 0 Å². The number of carboxylic acid groups (broad SMARTS) is 1. The second kappa shape index (κ2) is 9.78. The van der Waals surface area contributed by atoms with Gasteiger partial charge in [0.2, 0.25) is 5.91 Å². The van der Waals surface area contributed by atoms with Crippen molar-refractivity contribution < 1.29 is 29.7 Å². The highest BCUT2D eigenvalue weighted by Gasteiger charge is 2.33. The first-order valence-corrected chi connectivity index (χ1v) is 9.92. The molecule has 32 heavy (non-hydrogen) atoms. The molecule has 0 saturated heterocycles. The molecule has 0 bridgehead atoms. The zero-order valence-corrected chi connectivity index (χ0v) is 17.3. The van der Waals surface area contributed by atoms with Gasteiger partial charge in [0.15, 0.2) is 0 Å². The third-order valence-electron chi connectivity index (χ3n) is 5.21. The third kappa shape index (κ3) is 5.31. The van der Waals surface area contributed by atoms with Gasteiger partial charge in [-0.3, -0.25) is 14.4 Å². The number of hydrazone groups is 1. The summed E-state index contributed by atoms with van der Waals surface area (Å²) in [6, 6.07) is 10.3. The van der Waals surface area contributed by atoms with Gasteiger partial charge < -0.3 is 20.6 Å². The molecule has 1 aliphatic rings. The first kappa shape index (κ1) is 22.5. The molecular weight excluding hydrogens is 414 g/mol. The highest BCUT2D eigenvalue weighted by atomic mass is 16.4. The molecule has 0 spiro atoms. The van der Waals surface area contributed by atoms with Gasteiger partial charge in [0.05, 0.1) is 23.1 Å². The minimum Gasteiger partial charge on any atom is -0.508 e. The zero-order valence-electron chi connectivity index (χ0n) is 17.3. The van der Waals surface area contributed by atoms with Crippen molar-refractivity contribution in [2.45, 2.75) is 19.8 Å². The monoisotopic (exact) mass is 437 g/mol. The SMILES string of the molecule is C/C(=N/NC(=O)c1cc(O)ccc1O)c1ccc(NC(=O)[C@@H]2CC=CC[C@H]2C(=O)O)cc1. The summed E-state index contributed by atoms with van der Waals surface area (Å²) in [6.45, 7) is 1.67. The molecule has 0 heterocycles. The Morgan fingerprint density at radius 1 is 0.969 bits per heavy atom. The summed E-state index contributed by atoms with van der Waals surface area (Å²) >= 11 is 0. The quantitative estimate of drug-likeness (QED) is 0.203. The fourth-order valence-electron chi connectivity index (χ4n) is 3.37. The van der Waals surface area contributed by atoms with Gasteiger partial charge in [-0.2, -0.15) is 5.10 Å². The second-order valence-corrected chi connectivity index (χ2v) is 7.40. The van der Waals surface area contributed by atoms with Crippen LogP contribution in [0.25, 0.3) is 0 Å². The maximum atomic E-state index is 12.5. The number of allylic oxidation sites excluding steroid dienone is 2. The molecule has 5 N–H and O–H groups in total. The van der Waals surface area contributed by atoms with Crippen LogP contribution in [-0.2, 0) is 9.59 Å². The predicted octanol–water partition coefficient (Wildman–Crippen LogP) is 2.86. The van der Waals surface area contributed by atoms with Crippen LogP contribution < -0.4 is 10.7 Å². The fourth-order valence-corrected chi connectivity index (χ4v) is 3.37. The molecule has 9 heteroatoms. The summed E-state index contributed by atoms with van der Waals surface area (Å²) < 4.78 is 0. The van der Waals surface area contributed by atoms with Crippen molar-refractivity contribution in [1.29, 1.82) is 0 Å². The molecule has 0 radical (unpaired) electrons.